The molecule has 1 fully saturated rings. The van der Waals surface area contributed by atoms with Crippen molar-refractivity contribution in [1.29, 1.82) is 0 Å². The van der Waals surface area contributed by atoms with Crippen LogP contribution >= 0.6 is 0 Å². The molecule has 1 aliphatic rings. The van der Waals surface area contributed by atoms with E-state index >= 15 is 0 Å². The van der Waals surface area contributed by atoms with E-state index in [0.29, 0.717) is 0 Å². The summed E-state index contributed by atoms with van der Waals surface area (Å²) in [5.41, 5.74) is 0. The summed E-state index contributed by atoms with van der Waals surface area (Å²) in [7, 11) is 0. The Kier molecular flexibility index (Phi) is 2.76. The highest BCUT2D eigenvalue weighted by molar-refractivity contribution is 4.81. The molecule has 0 amide bonds. The molecular formula is C10H20. The Morgan fingerprint density at radius 1 is 1.40 bits per heavy atom. The molecule has 0 aromatic rings. The van der Waals surface area contributed by atoms with Gasteiger partial charge in [0.2, 0.25) is 0 Å². The van der Waals surface area contributed by atoms with E-state index in [1.165, 1.54) is 25.7 Å². The Hall–Kier alpha value is 0. The summed E-state index contributed by atoms with van der Waals surface area (Å²) in [6.07, 6.45) is 5.91. The lowest BCUT2D eigenvalue weighted by molar-refractivity contribution is 0.511. The van der Waals surface area contributed by atoms with Gasteiger partial charge in [-0.05, 0) is 24.2 Å². The fraction of sp³-hybridized carbons (Fsp3) is 1.00. The first-order chi connectivity index (χ1) is 4.70. The van der Waals surface area contributed by atoms with E-state index in [-0.39, 0.29) is 0 Å². The van der Waals surface area contributed by atoms with E-state index in [0.717, 1.165) is 17.8 Å². The van der Waals surface area contributed by atoms with Crippen LogP contribution in [0.2, 0.25) is 0 Å². The Bertz CT molecular complexity index is 94.2. The van der Waals surface area contributed by atoms with Crippen LogP contribution in [0.1, 0.15) is 46.5 Å². The molecule has 1 rings (SSSR count). The second kappa shape index (κ2) is 3.41. The van der Waals surface area contributed by atoms with Gasteiger partial charge in [-0.2, -0.15) is 0 Å². The molecule has 0 aromatic heterocycles. The third-order valence-corrected chi connectivity index (χ3v) is 2.63. The number of rotatable bonds is 4. The van der Waals surface area contributed by atoms with Crippen molar-refractivity contribution in [2.24, 2.45) is 17.8 Å². The molecular weight excluding hydrogens is 120 g/mol. The largest absolute Gasteiger partial charge is 0.0628 e. The quantitative estimate of drug-likeness (QED) is 0.561. The molecule has 1 aliphatic carbocycles. The highest BCUT2D eigenvalue weighted by Crippen LogP contribution is 2.41. The van der Waals surface area contributed by atoms with Gasteiger partial charge in [0.05, 0.1) is 0 Å². The number of hydrogen-bond donors (Lipinski definition) is 0. The van der Waals surface area contributed by atoms with Crippen LogP contribution in [0.4, 0.5) is 0 Å². The summed E-state index contributed by atoms with van der Waals surface area (Å²) in [5.74, 6) is 3.08. The van der Waals surface area contributed by atoms with Crippen molar-refractivity contribution in [3.8, 4) is 0 Å². The Balaban J connectivity index is 1.87. The monoisotopic (exact) mass is 140 g/mol. The van der Waals surface area contributed by atoms with Crippen molar-refractivity contribution in [2.45, 2.75) is 46.5 Å². The zero-order valence-corrected chi connectivity index (χ0v) is 7.56. The minimum atomic E-state index is 0.911. The van der Waals surface area contributed by atoms with Gasteiger partial charge in [-0.15, -0.1) is 0 Å². The summed E-state index contributed by atoms with van der Waals surface area (Å²) < 4.78 is 0. The maximum atomic E-state index is 2.38. The average Bonchev–Trinajstić information content (AvgIpc) is 2.46. The summed E-state index contributed by atoms with van der Waals surface area (Å²) in [6, 6.07) is 0. The lowest BCUT2D eigenvalue weighted by Gasteiger charge is -2.02. The van der Waals surface area contributed by atoms with Crippen molar-refractivity contribution in [3.63, 3.8) is 0 Å². The summed E-state index contributed by atoms with van der Waals surface area (Å²) in [5, 5.41) is 0. The van der Waals surface area contributed by atoms with E-state index in [4.69, 9.17) is 0 Å². The lowest BCUT2D eigenvalue weighted by Crippen LogP contribution is -1.88. The highest BCUT2D eigenvalue weighted by atomic mass is 14.4. The van der Waals surface area contributed by atoms with Gasteiger partial charge in [0.15, 0.2) is 0 Å². The first-order valence-corrected chi connectivity index (χ1v) is 4.70. The Labute approximate surface area is 65.0 Å². The molecule has 0 heterocycles. The van der Waals surface area contributed by atoms with Crippen LogP contribution in [0.15, 0.2) is 0 Å². The predicted molar refractivity (Wildman–Crippen MR) is 46.0 cm³/mol. The molecule has 2 unspecified atom stereocenters. The summed E-state index contributed by atoms with van der Waals surface area (Å²) in [4.78, 5) is 0. The molecule has 2 atom stereocenters. The molecule has 60 valence electrons. The fourth-order valence-electron chi connectivity index (χ4n) is 1.59. The van der Waals surface area contributed by atoms with Gasteiger partial charge in [0.1, 0.15) is 0 Å². The van der Waals surface area contributed by atoms with Gasteiger partial charge in [-0.3, -0.25) is 0 Å². The first kappa shape index (κ1) is 8.10. The van der Waals surface area contributed by atoms with Gasteiger partial charge < -0.3 is 0 Å². The molecule has 0 spiro atoms. The summed E-state index contributed by atoms with van der Waals surface area (Å²) >= 11 is 0. The van der Waals surface area contributed by atoms with Gasteiger partial charge in [-0.25, -0.2) is 0 Å². The maximum absolute atomic E-state index is 2.38. The maximum Gasteiger partial charge on any atom is -0.0386 e. The molecule has 0 aromatic carbocycles. The van der Waals surface area contributed by atoms with E-state index in [1.54, 1.807) is 0 Å². The minimum Gasteiger partial charge on any atom is -0.0628 e. The van der Waals surface area contributed by atoms with Crippen molar-refractivity contribution < 1.29 is 0 Å². The van der Waals surface area contributed by atoms with E-state index in [2.05, 4.69) is 20.8 Å². The van der Waals surface area contributed by atoms with Gasteiger partial charge >= 0.3 is 0 Å². The van der Waals surface area contributed by atoms with Crippen LogP contribution in [0, 0.1) is 17.8 Å². The van der Waals surface area contributed by atoms with Crippen molar-refractivity contribution in [2.75, 3.05) is 0 Å². The lowest BCUT2D eigenvalue weighted by atomic mass is 10.0. The third-order valence-electron chi connectivity index (χ3n) is 2.63. The van der Waals surface area contributed by atoms with Crippen LogP contribution in [0.3, 0.4) is 0 Å². The van der Waals surface area contributed by atoms with Gasteiger partial charge in [0, 0.05) is 0 Å². The van der Waals surface area contributed by atoms with Gasteiger partial charge in [0.25, 0.3) is 0 Å². The van der Waals surface area contributed by atoms with Crippen LogP contribution in [0.5, 0.6) is 0 Å². The summed E-state index contributed by atoms with van der Waals surface area (Å²) in [6.45, 7) is 7.01. The van der Waals surface area contributed by atoms with Crippen molar-refractivity contribution >= 4 is 0 Å². The zero-order valence-electron chi connectivity index (χ0n) is 7.56. The fourth-order valence-corrected chi connectivity index (χ4v) is 1.59. The average molecular weight is 140 g/mol. The van der Waals surface area contributed by atoms with Crippen molar-refractivity contribution in [1.82, 2.24) is 0 Å². The van der Waals surface area contributed by atoms with Crippen molar-refractivity contribution in [3.05, 3.63) is 0 Å². The molecule has 0 bridgehead atoms. The SMILES string of the molecule is CC(C)CCCC1CC1C. The Morgan fingerprint density at radius 3 is 2.40 bits per heavy atom. The Morgan fingerprint density at radius 2 is 2.00 bits per heavy atom. The van der Waals surface area contributed by atoms with Crippen LogP contribution < -0.4 is 0 Å². The normalized spacial score (nSPS) is 31.2. The van der Waals surface area contributed by atoms with Crippen LogP contribution in [0.25, 0.3) is 0 Å². The molecule has 10 heavy (non-hydrogen) atoms. The van der Waals surface area contributed by atoms with Gasteiger partial charge in [-0.1, -0.05) is 40.0 Å². The second-order valence-electron chi connectivity index (χ2n) is 4.30. The second-order valence-corrected chi connectivity index (χ2v) is 4.30. The van der Waals surface area contributed by atoms with E-state index < -0.39 is 0 Å². The van der Waals surface area contributed by atoms with E-state index in [1.807, 2.05) is 0 Å². The first-order valence-electron chi connectivity index (χ1n) is 4.70. The standard InChI is InChI=1S/C10H20/c1-8(2)5-4-6-10-7-9(10)3/h8-10H,4-7H2,1-3H3. The number of hydrogen-bond acceptors (Lipinski definition) is 0. The highest BCUT2D eigenvalue weighted by Gasteiger charge is 2.31. The molecule has 0 heteroatoms. The van der Waals surface area contributed by atoms with Crippen LogP contribution in [-0.2, 0) is 0 Å². The third kappa shape index (κ3) is 2.72. The molecule has 0 saturated heterocycles. The molecule has 0 radical (unpaired) electrons. The molecule has 0 aliphatic heterocycles. The zero-order chi connectivity index (χ0) is 7.56. The molecule has 1 saturated carbocycles. The predicted octanol–water partition coefficient (Wildman–Crippen LogP) is 3.47. The minimum absolute atomic E-state index is 0.911. The van der Waals surface area contributed by atoms with E-state index in [9.17, 15) is 0 Å². The van der Waals surface area contributed by atoms with Crippen LogP contribution in [-0.4, -0.2) is 0 Å². The topological polar surface area (TPSA) is 0 Å². The molecule has 0 nitrogen and oxygen atoms in total. The molecule has 0 N–H and O–H groups in total. The smallest absolute Gasteiger partial charge is 0.0386 e.